The van der Waals surface area contributed by atoms with Crippen molar-refractivity contribution in [3.8, 4) is 5.75 Å². The van der Waals surface area contributed by atoms with Crippen LogP contribution >= 0.6 is 0 Å². The first kappa shape index (κ1) is 19.6. The van der Waals surface area contributed by atoms with Gasteiger partial charge in [-0.3, -0.25) is 9.78 Å². The van der Waals surface area contributed by atoms with Crippen LogP contribution in [0.1, 0.15) is 54.6 Å². The van der Waals surface area contributed by atoms with Crippen LogP contribution in [0.25, 0.3) is 0 Å². The Hall–Kier alpha value is -3.09. The molecule has 7 nitrogen and oxygen atoms in total. The Kier molecular flexibility index (Phi) is 4.42. The Labute approximate surface area is 187 Å². The molecule has 4 fully saturated rings. The normalized spacial score (nSPS) is 31.5. The van der Waals surface area contributed by atoms with Crippen molar-refractivity contribution >= 4 is 17.7 Å². The number of pyridine rings is 1. The number of hydrogen-bond acceptors (Lipinski definition) is 5. The molecule has 5 aliphatic rings. The van der Waals surface area contributed by atoms with Gasteiger partial charge in [-0.05, 0) is 92.7 Å². The number of ether oxygens (including phenoxy) is 1. The summed E-state index contributed by atoms with van der Waals surface area (Å²) in [5.74, 6) is 1.46. The van der Waals surface area contributed by atoms with Gasteiger partial charge in [-0.15, -0.1) is 0 Å². The van der Waals surface area contributed by atoms with E-state index in [2.05, 4.69) is 20.9 Å². The summed E-state index contributed by atoms with van der Waals surface area (Å²) in [4.78, 5) is 30.0. The molecule has 32 heavy (non-hydrogen) atoms. The predicted octanol–water partition coefficient (Wildman–Crippen LogP) is 3.66. The van der Waals surface area contributed by atoms with Crippen molar-refractivity contribution < 1.29 is 14.3 Å². The summed E-state index contributed by atoms with van der Waals surface area (Å²) in [6.07, 6.45) is 7.96. The summed E-state index contributed by atoms with van der Waals surface area (Å²) in [6.45, 7) is 0.920. The molecule has 0 saturated heterocycles. The highest BCUT2D eigenvalue weighted by Gasteiger charge is 2.59. The van der Waals surface area contributed by atoms with E-state index in [1.807, 2.05) is 30.3 Å². The molecule has 2 amide bonds. The molecule has 4 bridgehead atoms. The number of nitrogens with zero attached hydrogens (tertiary/aromatic N) is 1. The third-order valence-corrected chi connectivity index (χ3v) is 7.70. The van der Waals surface area contributed by atoms with Crippen molar-refractivity contribution in [2.45, 2.75) is 56.0 Å². The number of amides is 2. The van der Waals surface area contributed by atoms with Crippen LogP contribution in [0.2, 0.25) is 0 Å². The van der Waals surface area contributed by atoms with E-state index in [1.165, 1.54) is 12.0 Å². The summed E-state index contributed by atoms with van der Waals surface area (Å²) in [6, 6.07) is 11.1. The number of carbonyl (C=O) groups is 2. The number of carbonyl (C=O) groups excluding carboxylic acids is 2. The van der Waals surface area contributed by atoms with Crippen LogP contribution in [-0.2, 0) is 6.42 Å². The first-order chi connectivity index (χ1) is 15.5. The molecular formula is C25H28N4O3. The number of fused-ring (bicyclic) bond motifs is 1. The Morgan fingerprint density at radius 1 is 1.03 bits per heavy atom. The van der Waals surface area contributed by atoms with E-state index in [1.54, 1.807) is 12.3 Å². The maximum Gasteiger partial charge on any atom is 0.413 e. The largest absolute Gasteiger partial charge is 0.413 e. The Bertz CT molecular complexity index is 1060. The van der Waals surface area contributed by atoms with Gasteiger partial charge < -0.3 is 20.7 Å². The van der Waals surface area contributed by atoms with Gasteiger partial charge in [0.05, 0.1) is 0 Å². The lowest BCUT2D eigenvalue weighted by Gasteiger charge is -2.62. The second-order valence-corrected chi connectivity index (χ2v) is 10.2. The van der Waals surface area contributed by atoms with Gasteiger partial charge in [0.15, 0.2) is 0 Å². The number of aromatic nitrogens is 1. The molecule has 4 aliphatic carbocycles. The fourth-order valence-electron chi connectivity index (χ4n) is 7.05. The summed E-state index contributed by atoms with van der Waals surface area (Å²) >= 11 is 0. The fraction of sp³-hybridized carbons (Fsp3) is 0.480. The maximum absolute atomic E-state index is 12.9. The van der Waals surface area contributed by atoms with E-state index in [9.17, 15) is 9.59 Å². The quantitative estimate of drug-likeness (QED) is 0.686. The van der Waals surface area contributed by atoms with Crippen molar-refractivity contribution in [2.75, 3.05) is 11.9 Å². The third kappa shape index (κ3) is 3.49. The van der Waals surface area contributed by atoms with E-state index in [0.717, 1.165) is 50.8 Å². The van der Waals surface area contributed by atoms with E-state index in [-0.39, 0.29) is 17.0 Å². The van der Waals surface area contributed by atoms with Crippen molar-refractivity contribution in [1.29, 1.82) is 0 Å². The molecule has 0 radical (unpaired) electrons. The molecule has 2 heterocycles. The van der Waals surface area contributed by atoms with Crippen molar-refractivity contribution in [1.82, 2.24) is 15.6 Å². The van der Waals surface area contributed by atoms with E-state index in [4.69, 9.17) is 4.74 Å². The highest BCUT2D eigenvalue weighted by atomic mass is 16.6. The lowest BCUT2D eigenvalue weighted by Crippen LogP contribution is -2.70. The lowest BCUT2D eigenvalue weighted by atomic mass is 9.50. The SMILES string of the molecule is O=C(NC12CC3CC(C1)CC(NC(=O)c1ccccn1)(C3)C2)Oc1ccc2c(c1)CCN2. The molecule has 4 saturated carbocycles. The zero-order chi connectivity index (χ0) is 21.8. The Balaban J connectivity index is 1.18. The van der Waals surface area contributed by atoms with Crippen LogP contribution < -0.4 is 20.7 Å². The minimum Gasteiger partial charge on any atom is -0.410 e. The number of nitrogens with one attached hydrogen (secondary N) is 3. The standard InChI is InChI=1S/C25H28N4O3/c30-22(21-3-1-2-7-26-21)28-24-11-16-9-17(12-24)14-25(13-16,15-24)29-23(31)32-19-4-5-20-18(10-19)6-8-27-20/h1-5,7,10,16-17,27H,6,8-9,11-15H2,(H,28,30)(H,29,31). The van der Waals surface area contributed by atoms with E-state index >= 15 is 0 Å². The lowest BCUT2D eigenvalue weighted by molar-refractivity contribution is -0.0449. The number of hydrogen-bond donors (Lipinski definition) is 3. The van der Waals surface area contributed by atoms with E-state index in [0.29, 0.717) is 23.3 Å². The molecule has 2 aromatic rings. The second kappa shape index (κ2) is 7.22. The smallest absolute Gasteiger partial charge is 0.410 e. The van der Waals surface area contributed by atoms with Gasteiger partial charge in [-0.1, -0.05) is 6.07 Å². The summed E-state index contributed by atoms with van der Waals surface area (Å²) < 4.78 is 5.69. The van der Waals surface area contributed by atoms with Crippen LogP contribution in [0.5, 0.6) is 5.75 Å². The molecule has 2 atom stereocenters. The average Bonchev–Trinajstić information content (AvgIpc) is 3.20. The highest BCUT2D eigenvalue weighted by Crippen LogP contribution is 2.57. The molecule has 0 spiro atoms. The molecule has 3 N–H and O–H groups in total. The molecule has 7 heteroatoms. The number of benzene rings is 1. The summed E-state index contributed by atoms with van der Waals surface area (Å²) in [5, 5.41) is 9.87. The highest BCUT2D eigenvalue weighted by molar-refractivity contribution is 5.92. The zero-order valence-corrected chi connectivity index (χ0v) is 18.0. The van der Waals surface area contributed by atoms with Crippen LogP contribution in [-0.4, -0.2) is 34.6 Å². The van der Waals surface area contributed by atoms with Crippen LogP contribution in [0, 0.1) is 11.8 Å². The van der Waals surface area contributed by atoms with Gasteiger partial charge in [0, 0.05) is 29.5 Å². The molecular weight excluding hydrogens is 404 g/mol. The predicted molar refractivity (Wildman–Crippen MR) is 120 cm³/mol. The molecule has 1 aromatic carbocycles. The maximum atomic E-state index is 12.9. The van der Waals surface area contributed by atoms with E-state index < -0.39 is 6.09 Å². The third-order valence-electron chi connectivity index (χ3n) is 7.70. The molecule has 1 aromatic heterocycles. The van der Waals surface area contributed by atoms with Crippen LogP contribution in [0.15, 0.2) is 42.6 Å². The molecule has 7 rings (SSSR count). The zero-order valence-electron chi connectivity index (χ0n) is 18.0. The fourth-order valence-corrected chi connectivity index (χ4v) is 7.05. The summed E-state index contributed by atoms with van der Waals surface area (Å²) in [5.41, 5.74) is 2.13. The van der Waals surface area contributed by atoms with Gasteiger partial charge in [-0.25, -0.2) is 4.79 Å². The van der Waals surface area contributed by atoms with Crippen molar-refractivity contribution in [2.24, 2.45) is 11.8 Å². The van der Waals surface area contributed by atoms with Gasteiger partial charge in [0.25, 0.3) is 5.91 Å². The van der Waals surface area contributed by atoms with Gasteiger partial charge in [0.1, 0.15) is 11.4 Å². The molecule has 2 unspecified atom stereocenters. The van der Waals surface area contributed by atoms with Gasteiger partial charge >= 0.3 is 6.09 Å². The van der Waals surface area contributed by atoms with Gasteiger partial charge in [-0.2, -0.15) is 0 Å². The number of anilines is 1. The Morgan fingerprint density at radius 2 is 1.81 bits per heavy atom. The monoisotopic (exact) mass is 432 g/mol. The number of rotatable bonds is 4. The topological polar surface area (TPSA) is 92.4 Å². The second-order valence-electron chi connectivity index (χ2n) is 10.2. The van der Waals surface area contributed by atoms with Crippen molar-refractivity contribution in [3.63, 3.8) is 0 Å². The first-order valence-electron chi connectivity index (χ1n) is 11.6. The van der Waals surface area contributed by atoms with Gasteiger partial charge in [0.2, 0.25) is 0 Å². The van der Waals surface area contributed by atoms with Crippen LogP contribution in [0.4, 0.5) is 10.5 Å². The minimum atomic E-state index is -0.399. The van der Waals surface area contributed by atoms with Crippen molar-refractivity contribution in [3.05, 3.63) is 53.9 Å². The summed E-state index contributed by atoms with van der Waals surface area (Å²) in [7, 11) is 0. The Morgan fingerprint density at radius 3 is 2.56 bits per heavy atom. The molecule has 1 aliphatic heterocycles. The minimum absolute atomic E-state index is 0.128. The average molecular weight is 433 g/mol. The first-order valence-corrected chi connectivity index (χ1v) is 11.6. The molecule has 166 valence electrons. The van der Waals surface area contributed by atoms with Crippen LogP contribution in [0.3, 0.4) is 0 Å².